The Labute approximate surface area is 133 Å². The molecular formula is C14H11BrN4OS. The van der Waals surface area contributed by atoms with Crippen LogP contribution in [0.4, 0.5) is 0 Å². The molecule has 0 atom stereocenters. The second-order valence-electron chi connectivity index (χ2n) is 4.27. The number of pyridine rings is 1. The minimum absolute atomic E-state index is 0.0965. The predicted octanol–water partition coefficient (Wildman–Crippen LogP) is 3.23. The van der Waals surface area contributed by atoms with Gasteiger partial charge in [-0.25, -0.2) is 0 Å². The van der Waals surface area contributed by atoms with E-state index in [0.717, 1.165) is 20.4 Å². The van der Waals surface area contributed by atoms with Crippen molar-refractivity contribution in [2.24, 2.45) is 0 Å². The molecule has 0 bridgehead atoms. The molecule has 0 fully saturated rings. The van der Waals surface area contributed by atoms with Gasteiger partial charge in [-0.2, -0.15) is 5.10 Å². The predicted molar refractivity (Wildman–Crippen MR) is 87.3 cm³/mol. The molecule has 21 heavy (non-hydrogen) atoms. The summed E-state index contributed by atoms with van der Waals surface area (Å²) in [7, 11) is 0. The third-order valence-electron chi connectivity index (χ3n) is 2.80. The Morgan fingerprint density at radius 1 is 1.52 bits per heavy atom. The Morgan fingerprint density at radius 3 is 3.19 bits per heavy atom. The summed E-state index contributed by atoms with van der Waals surface area (Å²) in [5.74, 6) is -0.0965. The van der Waals surface area contributed by atoms with Crippen LogP contribution in [0.25, 0.3) is 16.3 Å². The number of fused-ring (bicyclic) bond motifs is 1. The molecule has 0 spiro atoms. The minimum atomic E-state index is -0.0965. The summed E-state index contributed by atoms with van der Waals surface area (Å²) in [5, 5.41) is 10.7. The van der Waals surface area contributed by atoms with E-state index < -0.39 is 0 Å². The van der Waals surface area contributed by atoms with Gasteiger partial charge in [0.05, 0.1) is 4.88 Å². The smallest absolute Gasteiger partial charge is 0.261 e. The highest BCUT2D eigenvalue weighted by Gasteiger charge is 2.13. The van der Waals surface area contributed by atoms with Gasteiger partial charge in [-0.3, -0.25) is 14.9 Å². The summed E-state index contributed by atoms with van der Waals surface area (Å²) < 4.78 is 0.796. The number of halogens is 1. The van der Waals surface area contributed by atoms with Crippen molar-refractivity contribution < 1.29 is 4.79 Å². The van der Waals surface area contributed by atoms with Crippen molar-refractivity contribution in [1.82, 2.24) is 20.5 Å². The van der Waals surface area contributed by atoms with Crippen LogP contribution in [0, 0.1) is 0 Å². The first-order chi connectivity index (χ1) is 10.2. The quantitative estimate of drug-likeness (QED) is 0.748. The average Bonchev–Trinajstić information content (AvgIpc) is 3.07. The van der Waals surface area contributed by atoms with Crippen LogP contribution in [0.1, 0.15) is 15.2 Å². The number of nitrogens with zero attached hydrogens (tertiary/aromatic N) is 2. The fourth-order valence-electron chi connectivity index (χ4n) is 1.80. The van der Waals surface area contributed by atoms with Crippen LogP contribution in [-0.2, 0) is 0 Å². The van der Waals surface area contributed by atoms with Crippen molar-refractivity contribution in [3.8, 4) is 0 Å². The Bertz CT molecular complexity index is 794. The van der Waals surface area contributed by atoms with Crippen molar-refractivity contribution >= 4 is 49.5 Å². The molecule has 3 rings (SSSR count). The van der Waals surface area contributed by atoms with E-state index in [1.54, 1.807) is 12.4 Å². The van der Waals surface area contributed by atoms with Crippen LogP contribution in [0.3, 0.4) is 0 Å². The van der Waals surface area contributed by atoms with Gasteiger partial charge < -0.3 is 5.32 Å². The number of H-pyrrole nitrogens is 1. The van der Waals surface area contributed by atoms with Gasteiger partial charge in [-0.05, 0) is 33.6 Å². The molecule has 0 saturated heterocycles. The molecule has 0 aromatic carbocycles. The molecule has 0 aliphatic rings. The second-order valence-corrected chi connectivity index (χ2v) is 6.09. The molecule has 0 unspecified atom stereocenters. The topological polar surface area (TPSA) is 70.7 Å². The summed E-state index contributed by atoms with van der Waals surface area (Å²) >= 11 is 4.72. The van der Waals surface area contributed by atoms with Gasteiger partial charge in [0, 0.05) is 24.3 Å². The van der Waals surface area contributed by atoms with E-state index in [0.29, 0.717) is 11.4 Å². The maximum Gasteiger partial charge on any atom is 0.261 e. The van der Waals surface area contributed by atoms with E-state index in [9.17, 15) is 4.79 Å². The van der Waals surface area contributed by atoms with E-state index in [1.807, 2.05) is 30.4 Å². The zero-order valence-corrected chi connectivity index (χ0v) is 13.2. The van der Waals surface area contributed by atoms with Crippen molar-refractivity contribution in [1.29, 1.82) is 0 Å². The molecule has 3 aromatic rings. The van der Waals surface area contributed by atoms with Gasteiger partial charge in [0.2, 0.25) is 0 Å². The number of nitrogens with one attached hydrogen (secondary N) is 2. The standard InChI is InChI=1S/C14H11BrN4OS/c15-12-10-7-11(21-14(10)19-18-12)13(20)17-6-2-4-9-3-1-5-16-8-9/h1-5,7-8H,6H2,(H,17,20)(H,18,19)/b4-2+. The van der Waals surface area contributed by atoms with Crippen molar-refractivity contribution in [3.63, 3.8) is 0 Å². The van der Waals surface area contributed by atoms with Crippen LogP contribution in [0.2, 0.25) is 0 Å². The van der Waals surface area contributed by atoms with Gasteiger partial charge >= 0.3 is 0 Å². The first kappa shape index (κ1) is 14.0. The third-order valence-corrected chi connectivity index (χ3v) is 4.44. The molecular weight excluding hydrogens is 352 g/mol. The monoisotopic (exact) mass is 362 g/mol. The average molecular weight is 363 g/mol. The normalized spacial score (nSPS) is 11.3. The largest absolute Gasteiger partial charge is 0.348 e. The zero-order valence-electron chi connectivity index (χ0n) is 10.8. The summed E-state index contributed by atoms with van der Waals surface area (Å²) in [4.78, 5) is 17.5. The van der Waals surface area contributed by atoms with E-state index in [-0.39, 0.29) is 5.91 Å². The Hall–Kier alpha value is -1.99. The summed E-state index contributed by atoms with van der Waals surface area (Å²) in [5.41, 5.74) is 1.00. The number of rotatable bonds is 4. The number of aromatic nitrogens is 3. The lowest BCUT2D eigenvalue weighted by Crippen LogP contribution is -2.22. The number of hydrogen-bond acceptors (Lipinski definition) is 4. The lowest BCUT2D eigenvalue weighted by molar-refractivity contribution is 0.0962. The van der Waals surface area contributed by atoms with Gasteiger partial charge in [0.25, 0.3) is 5.91 Å². The van der Waals surface area contributed by atoms with E-state index in [1.165, 1.54) is 11.3 Å². The van der Waals surface area contributed by atoms with Crippen molar-refractivity contribution in [3.05, 3.63) is 51.7 Å². The highest BCUT2D eigenvalue weighted by atomic mass is 79.9. The summed E-state index contributed by atoms with van der Waals surface area (Å²) in [6.45, 7) is 0.469. The zero-order chi connectivity index (χ0) is 14.7. The van der Waals surface area contributed by atoms with Crippen LogP contribution >= 0.6 is 27.3 Å². The molecule has 7 heteroatoms. The molecule has 0 saturated carbocycles. The number of carbonyl (C=O) groups excluding carboxylic acids is 1. The fraction of sp³-hybridized carbons (Fsp3) is 0.0714. The highest BCUT2D eigenvalue weighted by molar-refractivity contribution is 9.10. The molecule has 0 aliphatic carbocycles. The van der Waals surface area contributed by atoms with Gasteiger partial charge in [0.15, 0.2) is 0 Å². The lowest BCUT2D eigenvalue weighted by atomic mass is 10.2. The van der Waals surface area contributed by atoms with Crippen LogP contribution in [-0.4, -0.2) is 27.6 Å². The van der Waals surface area contributed by atoms with Gasteiger partial charge in [-0.15, -0.1) is 11.3 Å². The molecule has 2 N–H and O–H groups in total. The lowest BCUT2D eigenvalue weighted by Gasteiger charge is -1.98. The highest BCUT2D eigenvalue weighted by Crippen LogP contribution is 2.28. The van der Waals surface area contributed by atoms with Gasteiger partial charge in [-0.1, -0.05) is 18.2 Å². The molecule has 3 heterocycles. The number of hydrogen-bond donors (Lipinski definition) is 2. The Morgan fingerprint density at radius 2 is 2.43 bits per heavy atom. The number of aromatic amines is 1. The maximum absolute atomic E-state index is 12.0. The van der Waals surface area contributed by atoms with Crippen LogP contribution in [0.15, 0.2) is 41.3 Å². The molecule has 3 aromatic heterocycles. The number of thiophene rings is 1. The molecule has 0 radical (unpaired) electrons. The Balaban J connectivity index is 1.60. The third kappa shape index (κ3) is 3.20. The molecule has 0 aliphatic heterocycles. The first-order valence-electron chi connectivity index (χ1n) is 6.22. The Kier molecular flexibility index (Phi) is 4.12. The minimum Gasteiger partial charge on any atom is -0.348 e. The van der Waals surface area contributed by atoms with Crippen molar-refractivity contribution in [2.75, 3.05) is 6.54 Å². The maximum atomic E-state index is 12.0. The number of carbonyl (C=O) groups is 1. The van der Waals surface area contributed by atoms with Gasteiger partial charge in [0.1, 0.15) is 9.43 Å². The molecule has 106 valence electrons. The second kappa shape index (κ2) is 6.19. The first-order valence-corrected chi connectivity index (χ1v) is 7.83. The fourth-order valence-corrected chi connectivity index (χ4v) is 3.24. The van der Waals surface area contributed by atoms with Crippen LogP contribution in [0.5, 0.6) is 0 Å². The summed E-state index contributed by atoms with van der Waals surface area (Å²) in [6.07, 6.45) is 7.31. The SMILES string of the molecule is O=C(NC/C=C/c1cccnc1)c1cc2c(Br)[nH]nc2s1. The van der Waals surface area contributed by atoms with Crippen LogP contribution < -0.4 is 5.32 Å². The van der Waals surface area contributed by atoms with E-state index in [4.69, 9.17) is 0 Å². The number of amides is 1. The van der Waals surface area contributed by atoms with Crippen molar-refractivity contribution in [2.45, 2.75) is 0 Å². The van der Waals surface area contributed by atoms with E-state index in [2.05, 4.69) is 36.4 Å². The molecule has 1 amide bonds. The molecule has 5 nitrogen and oxygen atoms in total. The van der Waals surface area contributed by atoms with E-state index >= 15 is 0 Å². The summed E-state index contributed by atoms with van der Waals surface area (Å²) in [6, 6.07) is 5.65.